The van der Waals surface area contributed by atoms with Crippen molar-refractivity contribution in [2.24, 2.45) is 16.5 Å². The van der Waals surface area contributed by atoms with Gasteiger partial charge in [-0.15, -0.1) is 0 Å². The van der Waals surface area contributed by atoms with E-state index in [-0.39, 0.29) is 12.5 Å². The van der Waals surface area contributed by atoms with E-state index in [1.165, 1.54) is 0 Å². The summed E-state index contributed by atoms with van der Waals surface area (Å²) in [4.78, 5) is 16.2. The predicted molar refractivity (Wildman–Crippen MR) is 118 cm³/mol. The second kappa shape index (κ2) is 7.64. The third-order valence-electron chi connectivity index (χ3n) is 4.91. The van der Waals surface area contributed by atoms with Crippen molar-refractivity contribution >= 4 is 22.6 Å². The van der Waals surface area contributed by atoms with Crippen LogP contribution >= 0.6 is 0 Å². The van der Waals surface area contributed by atoms with Gasteiger partial charge in [-0.2, -0.15) is 4.99 Å². The molecule has 0 bridgehead atoms. The molecule has 4 aromatic rings. The van der Waals surface area contributed by atoms with Crippen LogP contribution in [0.5, 0.6) is 0 Å². The number of fused-ring (bicyclic) bond motifs is 1. The van der Waals surface area contributed by atoms with Gasteiger partial charge >= 0.3 is 0 Å². The first kappa shape index (κ1) is 18.5. The number of benzene rings is 3. The summed E-state index contributed by atoms with van der Waals surface area (Å²) in [5, 5.41) is 2.27. The molecule has 144 valence electrons. The van der Waals surface area contributed by atoms with E-state index in [0.717, 1.165) is 38.9 Å². The highest BCUT2D eigenvalue weighted by atomic mass is 16.1. The minimum absolute atomic E-state index is 0.0483. The molecule has 1 heterocycles. The number of hydrogen-bond acceptors (Lipinski definition) is 1. The van der Waals surface area contributed by atoms with Gasteiger partial charge in [-0.25, -0.2) is 0 Å². The molecule has 0 radical (unpaired) electrons. The molecule has 5 nitrogen and oxygen atoms in total. The van der Waals surface area contributed by atoms with E-state index in [2.05, 4.69) is 35.3 Å². The quantitative estimate of drug-likeness (QED) is 0.412. The van der Waals surface area contributed by atoms with Gasteiger partial charge in [0.15, 0.2) is 5.96 Å². The first-order valence-corrected chi connectivity index (χ1v) is 9.40. The first-order valence-electron chi connectivity index (χ1n) is 9.40. The van der Waals surface area contributed by atoms with Crippen LogP contribution in [-0.2, 0) is 11.3 Å². The molecule has 0 saturated heterocycles. The van der Waals surface area contributed by atoms with Crippen LogP contribution in [0.1, 0.15) is 5.56 Å². The number of carbonyl (C=O) groups excluding carboxylic acids is 1. The third kappa shape index (κ3) is 3.75. The molecule has 0 spiro atoms. The molecule has 1 amide bonds. The molecule has 0 aliphatic carbocycles. The smallest absolute Gasteiger partial charge is 0.268 e. The van der Waals surface area contributed by atoms with Crippen molar-refractivity contribution in [2.75, 3.05) is 0 Å². The van der Waals surface area contributed by atoms with Crippen molar-refractivity contribution in [2.45, 2.75) is 13.5 Å². The van der Waals surface area contributed by atoms with E-state index in [0.29, 0.717) is 0 Å². The fourth-order valence-corrected chi connectivity index (χ4v) is 3.69. The van der Waals surface area contributed by atoms with E-state index in [9.17, 15) is 4.79 Å². The number of amides is 1. The zero-order valence-electron chi connectivity index (χ0n) is 16.2. The van der Waals surface area contributed by atoms with E-state index in [1.807, 2.05) is 60.0 Å². The Kier molecular flexibility index (Phi) is 4.87. The molecule has 0 unspecified atom stereocenters. The molecule has 29 heavy (non-hydrogen) atoms. The van der Waals surface area contributed by atoms with Crippen molar-refractivity contribution in [1.29, 1.82) is 0 Å². The fraction of sp³-hybridized carbons (Fsp3) is 0.0833. The van der Waals surface area contributed by atoms with Gasteiger partial charge in [0, 0.05) is 17.0 Å². The van der Waals surface area contributed by atoms with Crippen LogP contribution in [0.15, 0.2) is 83.9 Å². The molecule has 5 heteroatoms. The van der Waals surface area contributed by atoms with E-state index in [4.69, 9.17) is 11.5 Å². The Bertz CT molecular complexity index is 1230. The van der Waals surface area contributed by atoms with Crippen molar-refractivity contribution in [3.05, 3.63) is 84.4 Å². The van der Waals surface area contributed by atoms with Crippen LogP contribution in [0.3, 0.4) is 0 Å². The lowest BCUT2D eigenvalue weighted by Gasteiger charge is -2.14. The Morgan fingerprint density at radius 1 is 0.897 bits per heavy atom. The van der Waals surface area contributed by atoms with Gasteiger partial charge in [-0.3, -0.25) is 4.79 Å². The van der Waals surface area contributed by atoms with Crippen LogP contribution in [-0.4, -0.2) is 16.4 Å². The molecule has 0 atom stereocenters. The van der Waals surface area contributed by atoms with Gasteiger partial charge in [-0.05, 0) is 41.5 Å². The summed E-state index contributed by atoms with van der Waals surface area (Å²) in [5.41, 5.74) is 15.9. The van der Waals surface area contributed by atoms with Crippen molar-refractivity contribution in [3.63, 3.8) is 0 Å². The summed E-state index contributed by atoms with van der Waals surface area (Å²) in [6.45, 7) is 2.10. The molecule has 0 aliphatic heterocycles. The van der Waals surface area contributed by atoms with Crippen LogP contribution in [0, 0.1) is 6.92 Å². The van der Waals surface area contributed by atoms with E-state index < -0.39 is 5.91 Å². The number of aliphatic imine (C=N–C) groups is 1. The Morgan fingerprint density at radius 3 is 2.41 bits per heavy atom. The number of guanidine groups is 1. The summed E-state index contributed by atoms with van der Waals surface area (Å²) in [5.74, 6) is -0.623. The number of nitrogens with two attached hydrogens (primary N) is 2. The number of aromatic nitrogens is 1. The summed E-state index contributed by atoms with van der Waals surface area (Å²) in [7, 11) is 0. The zero-order valence-corrected chi connectivity index (χ0v) is 16.2. The number of carbonyl (C=O) groups is 1. The van der Waals surface area contributed by atoms with E-state index >= 15 is 0 Å². The molecule has 0 saturated carbocycles. The zero-order chi connectivity index (χ0) is 20.4. The topological polar surface area (TPSA) is 86.4 Å². The van der Waals surface area contributed by atoms with Crippen molar-refractivity contribution in [3.8, 4) is 22.5 Å². The van der Waals surface area contributed by atoms with Gasteiger partial charge in [0.2, 0.25) is 0 Å². The standard InChI is InChI=1S/C24H22N4O/c1-16-6-4-9-18(14-16)21-12-13-22(28(21)15-23(29)27-24(25)26)20-11-5-8-17-7-2-3-10-19(17)20/h2-14H,15H2,1H3,(H4,25,26,27,29). The third-order valence-corrected chi connectivity index (χ3v) is 4.91. The Balaban J connectivity index is 1.92. The lowest BCUT2D eigenvalue weighted by Crippen LogP contribution is -2.25. The molecule has 4 N–H and O–H groups in total. The largest absolute Gasteiger partial charge is 0.370 e. The highest BCUT2D eigenvalue weighted by Crippen LogP contribution is 2.33. The minimum atomic E-state index is -0.392. The summed E-state index contributed by atoms with van der Waals surface area (Å²) in [6.07, 6.45) is 0. The fourth-order valence-electron chi connectivity index (χ4n) is 3.69. The summed E-state index contributed by atoms with van der Waals surface area (Å²) >= 11 is 0. The Morgan fingerprint density at radius 2 is 1.62 bits per heavy atom. The molecule has 0 fully saturated rings. The van der Waals surface area contributed by atoms with Crippen LogP contribution in [0.2, 0.25) is 0 Å². The maximum atomic E-state index is 12.5. The number of hydrogen-bond donors (Lipinski definition) is 2. The van der Waals surface area contributed by atoms with E-state index in [1.54, 1.807) is 0 Å². The predicted octanol–water partition coefficient (Wildman–Crippen LogP) is 4.08. The second-order valence-electron chi connectivity index (χ2n) is 7.02. The normalized spacial score (nSPS) is 10.8. The van der Waals surface area contributed by atoms with Crippen LogP contribution in [0.25, 0.3) is 33.3 Å². The number of nitrogens with zero attached hydrogens (tertiary/aromatic N) is 2. The molecule has 4 rings (SSSR count). The molecule has 3 aromatic carbocycles. The lowest BCUT2D eigenvalue weighted by molar-refractivity contribution is -0.118. The number of aryl methyl sites for hydroxylation is 1. The maximum Gasteiger partial charge on any atom is 0.268 e. The number of rotatable bonds is 4. The van der Waals surface area contributed by atoms with Gasteiger partial charge in [0.25, 0.3) is 5.91 Å². The van der Waals surface area contributed by atoms with Gasteiger partial charge in [-0.1, -0.05) is 66.2 Å². The SMILES string of the molecule is Cc1cccc(-c2ccc(-c3cccc4ccccc34)n2CC(=O)N=C(N)N)c1. The van der Waals surface area contributed by atoms with Crippen LogP contribution in [0.4, 0.5) is 0 Å². The summed E-state index contributed by atoms with van der Waals surface area (Å²) in [6, 6.07) is 26.7. The van der Waals surface area contributed by atoms with Crippen molar-refractivity contribution < 1.29 is 4.79 Å². The van der Waals surface area contributed by atoms with Gasteiger partial charge in [0.05, 0.1) is 0 Å². The maximum absolute atomic E-state index is 12.5. The highest BCUT2D eigenvalue weighted by molar-refractivity contribution is 5.97. The monoisotopic (exact) mass is 382 g/mol. The average molecular weight is 382 g/mol. The van der Waals surface area contributed by atoms with Gasteiger partial charge in [0.1, 0.15) is 6.54 Å². The Labute approximate surface area is 169 Å². The van der Waals surface area contributed by atoms with Gasteiger partial charge < -0.3 is 16.0 Å². The first-order chi connectivity index (χ1) is 14.0. The van der Waals surface area contributed by atoms with Crippen LogP contribution < -0.4 is 11.5 Å². The highest BCUT2D eigenvalue weighted by Gasteiger charge is 2.16. The molecular formula is C24H22N4O. The lowest BCUT2D eigenvalue weighted by atomic mass is 10.0. The second-order valence-corrected chi connectivity index (χ2v) is 7.02. The minimum Gasteiger partial charge on any atom is -0.370 e. The van der Waals surface area contributed by atoms with Crippen molar-refractivity contribution in [1.82, 2.24) is 4.57 Å². The molecular weight excluding hydrogens is 360 g/mol. The molecule has 1 aromatic heterocycles. The molecule has 0 aliphatic rings. The average Bonchev–Trinajstić information content (AvgIpc) is 3.10. The Hall–Kier alpha value is -3.86. The summed E-state index contributed by atoms with van der Waals surface area (Å²) < 4.78 is 1.98.